The summed E-state index contributed by atoms with van der Waals surface area (Å²) < 4.78 is 41.0. The molecule has 1 fully saturated rings. The fourth-order valence-electron chi connectivity index (χ4n) is 1.73. The van der Waals surface area contributed by atoms with Crippen LogP contribution in [0.15, 0.2) is 29.2 Å². The van der Waals surface area contributed by atoms with E-state index < -0.39 is 30.5 Å². The van der Waals surface area contributed by atoms with Gasteiger partial charge in [0, 0.05) is 5.56 Å². The normalized spacial score (nSPS) is 17.0. The SMILES string of the molecule is O=C(O)CN1C(=O)/C(=C/c2ccccc2OC(F)(F)F)SC1=S. The van der Waals surface area contributed by atoms with E-state index in [-0.39, 0.29) is 14.8 Å². The summed E-state index contributed by atoms with van der Waals surface area (Å²) in [5.74, 6) is -2.39. The van der Waals surface area contributed by atoms with Crippen molar-refractivity contribution in [1.29, 1.82) is 0 Å². The van der Waals surface area contributed by atoms with E-state index in [1.807, 2.05) is 0 Å². The van der Waals surface area contributed by atoms with Gasteiger partial charge in [-0.1, -0.05) is 42.2 Å². The molecule has 5 nitrogen and oxygen atoms in total. The number of amides is 1. The predicted molar refractivity (Wildman–Crippen MR) is 80.6 cm³/mol. The van der Waals surface area contributed by atoms with Crippen molar-refractivity contribution < 1.29 is 32.6 Å². The van der Waals surface area contributed by atoms with Gasteiger partial charge < -0.3 is 9.84 Å². The number of hydrogen-bond donors (Lipinski definition) is 1. The van der Waals surface area contributed by atoms with Gasteiger partial charge in [-0.2, -0.15) is 0 Å². The number of carbonyl (C=O) groups is 2. The standard InChI is InChI=1S/C13H8F3NO4S2/c14-13(15,16)21-8-4-2-1-3-7(8)5-9-11(20)17(6-10(18)19)12(22)23-9/h1-5H,6H2,(H,18,19)/b9-5-. The molecule has 2 rings (SSSR count). The van der Waals surface area contributed by atoms with Crippen molar-refractivity contribution in [3.05, 3.63) is 34.7 Å². The van der Waals surface area contributed by atoms with Gasteiger partial charge in [0.15, 0.2) is 0 Å². The van der Waals surface area contributed by atoms with Crippen molar-refractivity contribution in [2.45, 2.75) is 6.36 Å². The molecular weight excluding hydrogens is 355 g/mol. The lowest BCUT2D eigenvalue weighted by Crippen LogP contribution is -2.33. The van der Waals surface area contributed by atoms with Crippen LogP contribution in [0.1, 0.15) is 5.56 Å². The average Bonchev–Trinajstić information content (AvgIpc) is 2.67. The number of benzene rings is 1. The summed E-state index contributed by atoms with van der Waals surface area (Å²) in [5, 5.41) is 8.73. The highest BCUT2D eigenvalue weighted by molar-refractivity contribution is 8.26. The Morgan fingerprint density at radius 2 is 2.04 bits per heavy atom. The molecule has 1 aromatic rings. The van der Waals surface area contributed by atoms with Gasteiger partial charge in [0.05, 0.1) is 4.91 Å². The smallest absolute Gasteiger partial charge is 0.480 e. The molecule has 0 saturated carbocycles. The Bertz CT molecular complexity index is 703. The van der Waals surface area contributed by atoms with Crippen molar-refractivity contribution in [2.75, 3.05) is 6.54 Å². The monoisotopic (exact) mass is 363 g/mol. The van der Waals surface area contributed by atoms with Gasteiger partial charge in [0.2, 0.25) is 0 Å². The molecule has 1 saturated heterocycles. The molecule has 0 spiro atoms. The summed E-state index contributed by atoms with van der Waals surface area (Å²) in [5.41, 5.74) is 0.0284. The van der Waals surface area contributed by atoms with Crippen molar-refractivity contribution in [3.8, 4) is 5.75 Å². The highest BCUT2D eigenvalue weighted by Gasteiger charge is 2.34. The van der Waals surface area contributed by atoms with E-state index in [1.54, 1.807) is 0 Å². The number of para-hydroxylation sites is 1. The van der Waals surface area contributed by atoms with Crippen molar-refractivity contribution in [3.63, 3.8) is 0 Å². The maximum atomic E-state index is 12.4. The third-order valence-electron chi connectivity index (χ3n) is 2.60. The van der Waals surface area contributed by atoms with E-state index in [4.69, 9.17) is 17.3 Å². The molecule has 122 valence electrons. The number of carboxylic acid groups (broad SMARTS) is 1. The van der Waals surface area contributed by atoms with E-state index in [9.17, 15) is 22.8 Å². The number of nitrogens with zero attached hydrogens (tertiary/aromatic N) is 1. The first-order chi connectivity index (χ1) is 10.7. The third-order valence-corrected chi connectivity index (χ3v) is 3.98. The summed E-state index contributed by atoms with van der Waals surface area (Å²) in [6.45, 7) is -0.608. The minimum Gasteiger partial charge on any atom is -0.480 e. The first-order valence-corrected chi connectivity index (χ1v) is 7.22. The number of aliphatic carboxylic acids is 1. The second-order valence-electron chi connectivity index (χ2n) is 4.25. The number of rotatable bonds is 4. The number of alkyl halides is 3. The summed E-state index contributed by atoms with van der Waals surface area (Å²) in [6.07, 6.45) is -3.69. The van der Waals surface area contributed by atoms with Crippen molar-refractivity contribution in [1.82, 2.24) is 4.90 Å². The van der Waals surface area contributed by atoms with Crippen LogP contribution < -0.4 is 4.74 Å². The van der Waals surface area contributed by atoms with Crippen molar-refractivity contribution in [2.24, 2.45) is 0 Å². The molecule has 23 heavy (non-hydrogen) atoms. The molecule has 1 N–H and O–H groups in total. The second kappa shape index (κ2) is 6.59. The van der Waals surface area contributed by atoms with Crippen LogP contribution in [0.3, 0.4) is 0 Å². The Morgan fingerprint density at radius 3 is 2.65 bits per heavy atom. The molecular formula is C13H8F3NO4S2. The summed E-state index contributed by atoms with van der Waals surface area (Å²) in [7, 11) is 0. The molecule has 1 aliphatic rings. The molecule has 1 heterocycles. The molecule has 0 aliphatic carbocycles. The zero-order chi connectivity index (χ0) is 17.2. The number of hydrogen-bond acceptors (Lipinski definition) is 5. The van der Waals surface area contributed by atoms with Crippen molar-refractivity contribution >= 4 is 46.3 Å². The van der Waals surface area contributed by atoms with E-state index in [0.29, 0.717) is 0 Å². The first-order valence-electron chi connectivity index (χ1n) is 5.99. The molecule has 0 radical (unpaired) electrons. The Kier molecular flexibility index (Phi) is 4.95. The highest BCUT2D eigenvalue weighted by Crippen LogP contribution is 2.35. The number of halogens is 3. The Hall–Kier alpha value is -2.07. The minimum atomic E-state index is -4.87. The van der Waals surface area contributed by atoms with E-state index in [1.165, 1.54) is 24.3 Å². The Balaban J connectivity index is 2.31. The van der Waals surface area contributed by atoms with Gasteiger partial charge in [-0.05, 0) is 12.1 Å². The topological polar surface area (TPSA) is 66.8 Å². The van der Waals surface area contributed by atoms with Crippen LogP contribution in [0.25, 0.3) is 6.08 Å². The molecule has 1 amide bonds. The van der Waals surface area contributed by atoms with Crippen LogP contribution in [0, 0.1) is 0 Å². The van der Waals surface area contributed by atoms with Crippen LogP contribution in [0.4, 0.5) is 13.2 Å². The summed E-state index contributed by atoms with van der Waals surface area (Å²) >= 11 is 5.72. The first kappa shape index (κ1) is 17.3. The molecule has 1 aliphatic heterocycles. The van der Waals surface area contributed by atoms with Gasteiger partial charge >= 0.3 is 12.3 Å². The average molecular weight is 363 g/mol. The predicted octanol–water partition coefficient (Wildman–Crippen LogP) is 2.87. The Labute approximate surface area is 137 Å². The van der Waals surface area contributed by atoms with Gasteiger partial charge in [-0.3, -0.25) is 14.5 Å². The quantitative estimate of drug-likeness (QED) is 0.655. The number of ether oxygens (including phenoxy) is 1. The number of thioether (sulfide) groups is 1. The summed E-state index contributed by atoms with van der Waals surface area (Å²) in [4.78, 5) is 23.7. The van der Waals surface area contributed by atoms with E-state index >= 15 is 0 Å². The fourth-order valence-corrected chi connectivity index (χ4v) is 2.98. The van der Waals surface area contributed by atoms with Crippen LogP contribution in [-0.4, -0.2) is 39.1 Å². The number of carboxylic acids is 1. The van der Waals surface area contributed by atoms with Crippen LogP contribution in [-0.2, 0) is 9.59 Å². The van der Waals surface area contributed by atoms with Crippen LogP contribution in [0.2, 0.25) is 0 Å². The molecule has 1 aromatic carbocycles. The lowest BCUT2D eigenvalue weighted by molar-refractivity contribution is -0.274. The second-order valence-corrected chi connectivity index (χ2v) is 5.92. The lowest BCUT2D eigenvalue weighted by atomic mass is 10.2. The third kappa shape index (κ3) is 4.45. The van der Waals surface area contributed by atoms with Crippen LogP contribution in [0.5, 0.6) is 5.75 Å². The number of thiocarbonyl (C=S) groups is 1. The van der Waals surface area contributed by atoms with E-state index in [2.05, 4.69) is 4.74 Å². The van der Waals surface area contributed by atoms with E-state index in [0.717, 1.165) is 22.7 Å². The van der Waals surface area contributed by atoms with Gasteiger partial charge in [0.1, 0.15) is 16.6 Å². The fraction of sp³-hybridized carbons (Fsp3) is 0.154. The van der Waals surface area contributed by atoms with Gasteiger partial charge in [-0.25, -0.2) is 0 Å². The van der Waals surface area contributed by atoms with Crippen LogP contribution >= 0.6 is 24.0 Å². The zero-order valence-corrected chi connectivity index (χ0v) is 12.8. The minimum absolute atomic E-state index is 0.0227. The van der Waals surface area contributed by atoms with Gasteiger partial charge in [0.25, 0.3) is 5.91 Å². The molecule has 0 aromatic heterocycles. The molecule has 0 atom stereocenters. The Morgan fingerprint density at radius 1 is 1.39 bits per heavy atom. The highest BCUT2D eigenvalue weighted by atomic mass is 32.2. The maximum Gasteiger partial charge on any atom is 0.573 e. The maximum absolute atomic E-state index is 12.4. The zero-order valence-electron chi connectivity index (χ0n) is 11.2. The largest absolute Gasteiger partial charge is 0.573 e. The lowest BCUT2D eigenvalue weighted by Gasteiger charge is -2.11. The molecule has 0 bridgehead atoms. The molecule has 10 heteroatoms. The molecule has 0 unspecified atom stereocenters. The summed E-state index contributed by atoms with van der Waals surface area (Å²) in [6, 6.07) is 5.28. The number of carbonyl (C=O) groups excluding carboxylic acids is 1. The van der Waals surface area contributed by atoms with Gasteiger partial charge in [-0.15, -0.1) is 13.2 Å².